The van der Waals surface area contributed by atoms with Gasteiger partial charge in [-0.25, -0.2) is 10.4 Å². The Morgan fingerprint density at radius 3 is 2.36 bits per heavy atom. The average molecular weight is 736 g/mol. The van der Waals surface area contributed by atoms with Gasteiger partial charge in [-0.3, -0.25) is 10.2 Å². The first-order valence-electron chi connectivity index (χ1n) is 15.2. The highest BCUT2D eigenvalue weighted by molar-refractivity contribution is 9.10. The van der Waals surface area contributed by atoms with E-state index >= 15 is 0 Å². The highest BCUT2D eigenvalue weighted by atomic mass is 79.9. The molecular weight excluding hydrogens is 698 g/mol. The quantitative estimate of drug-likeness (QED) is 0.0895. The minimum Gasteiger partial charge on any atom is -0.494 e. The van der Waals surface area contributed by atoms with Gasteiger partial charge in [0.2, 0.25) is 5.90 Å². The average Bonchev–Trinajstić information content (AvgIpc) is 3.45. The Kier molecular flexibility index (Phi) is 11.8. The molecule has 1 amide bonds. The highest BCUT2D eigenvalue weighted by Crippen LogP contribution is 2.43. The molecule has 7 nitrogen and oxygen atoms in total. The van der Waals surface area contributed by atoms with Gasteiger partial charge >= 0.3 is 0 Å². The van der Waals surface area contributed by atoms with Crippen molar-refractivity contribution < 1.29 is 19.4 Å². The van der Waals surface area contributed by atoms with Crippen LogP contribution in [0.4, 0.5) is 0 Å². The number of ether oxygens (including phenoxy) is 2. The van der Waals surface area contributed by atoms with Crippen LogP contribution >= 0.6 is 31.9 Å². The van der Waals surface area contributed by atoms with Gasteiger partial charge in [-0.1, -0.05) is 92.5 Å². The molecule has 1 heterocycles. The number of unbranched alkanes of at least 4 members (excludes halogenated alkanes) is 1. The number of benzene rings is 4. The monoisotopic (exact) mass is 733 g/mol. The van der Waals surface area contributed by atoms with Crippen LogP contribution < -0.4 is 15.6 Å². The molecule has 0 aliphatic carbocycles. The zero-order chi connectivity index (χ0) is 31.5. The molecule has 3 N–H and O–H groups in total. The molecule has 0 bridgehead atoms. The van der Waals surface area contributed by atoms with Crippen LogP contribution in [0.15, 0.2) is 117 Å². The summed E-state index contributed by atoms with van der Waals surface area (Å²) in [6.45, 7) is 1.12. The second-order valence-electron chi connectivity index (χ2n) is 10.9. The van der Waals surface area contributed by atoms with Crippen molar-refractivity contribution in [1.29, 1.82) is 0 Å². The van der Waals surface area contributed by atoms with E-state index in [2.05, 4.69) is 67.0 Å². The summed E-state index contributed by atoms with van der Waals surface area (Å²) in [6, 6.07) is 33.6. The van der Waals surface area contributed by atoms with E-state index in [-0.39, 0.29) is 12.5 Å². The van der Waals surface area contributed by atoms with E-state index in [0.29, 0.717) is 37.6 Å². The summed E-state index contributed by atoms with van der Waals surface area (Å²) in [5.74, 6) is 0.798. The van der Waals surface area contributed by atoms with Crippen molar-refractivity contribution in [3.63, 3.8) is 0 Å². The van der Waals surface area contributed by atoms with Gasteiger partial charge in [0.1, 0.15) is 5.75 Å². The normalized spacial score (nSPS) is 17.4. The second-order valence-corrected chi connectivity index (χ2v) is 12.7. The van der Waals surface area contributed by atoms with Crippen molar-refractivity contribution in [3.8, 4) is 5.75 Å². The van der Waals surface area contributed by atoms with E-state index in [1.807, 2.05) is 78.9 Å². The number of halogens is 2. The number of rotatable bonds is 15. The third-order valence-electron chi connectivity index (χ3n) is 7.68. The van der Waals surface area contributed by atoms with E-state index in [1.165, 1.54) is 5.56 Å². The Bertz CT molecular complexity index is 1570. The first-order valence-corrected chi connectivity index (χ1v) is 16.7. The van der Waals surface area contributed by atoms with Gasteiger partial charge in [-0.15, -0.1) is 0 Å². The molecule has 234 valence electrons. The fourth-order valence-electron chi connectivity index (χ4n) is 5.29. The molecule has 0 unspecified atom stereocenters. The van der Waals surface area contributed by atoms with Crippen LogP contribution in [0.5, 0.6) is 5.75 Å². The molecule has 4 aromatic carbocycles. The number of hydrazine groups is 1. The Hall–Kier alpha value is -3.50. The predicted octanol–water partition coefficient (Wildman–Crippen LogP) is 7.12. The van der Waals surface area contributed by atoms with Crippen molar-refractivity contribution in [2.45, 2.75) is 43.7 Å². The van der Waals surface area contributed by atoms with Gasteiger partial charge in [-0.2, -0.15) is 0 Å². The molecule has 0 saturated carbocycles. The van der Waals surface area contributed by atoms with Crippen LogP contribution in [0, 0.1) is 0 Å². The Morgan fingerprint density at radius 1 is 0.889 bits per heavy atom. The van der Waals surface area contributed by atoms with Crippen LogP contribution in [0.2, 0.25) is 0 Å². The smallest absolute Gasteiger partial charge is 0.266 e. The molecule has 0 radical (unpaired) electrons. The zero-order valence-electron chi connectivity index (χ0n) is 24.9. The van der Waals surface area contributed by atoms with Gasteiger partial charge in [0.25, 0.3) is 5.91 Å². The van der Waals surface area contributed by atoms with E-state index in [4.69, 9.17) is 19.6 Å². The highest BCUT2D eigenvalue weighted by Gasteiger charge is 2.53. The maximum absolute atomic E-state index is 14.3. The van der Waals surface area contributed by atoms with Crippen LogP contribution in [0.3, 0.4) is 0 Å². The van der Waals surface area contributed by atoms with Gasteiger partial charge in [-0.05, 0) is 78.4 Å². The van der Waals surface area contributed by atoms with Crippen molar-refractivity contribution in [3.05, 3.63) is 134 Å². The van der Waals surface area contributed by atoms with Gasteiger partial charge in [0, 0.05) is 40.5 Å². The first kappa shape index (κ1) is 32.9. The lowest BCUT2D eigenvalue weighted by atomic mass is 9.82. The third kappa shape index (κ3) is 8.61. The SMILES string of the molecule is O=C(NNCCCCc1ccccc1)[C@@]1(Cc2ccccc2Br)N=C(c2ccc(OCCCO)cc2)O[C@H]1c1ccc(Br)cc1. The number of hydrogen-bond acceptors (Lipinski definition) is 6. The number of aliphatic hydroxyl groups is 1. The molecule has 5 rings (SSSR count). The summed E-state index contributed by atoms with van der Waals surface area (Å²) in [5.41, 5.74) is 8.67. The predicted molar refractivity (Wildman–Crippen MR) is 184 cm³/mol. The molecule has 45 heavy (non-hydrogen) atoms. The summed E-state index contributed by atoms with van der Waals surface area (Å²) in [7, 11) is 0. The van der Waals surface area contributed by atoms with Crippen LogP contribution in [-0.4, -0.2) is 42.2 Å². The number of hydrogen-bond donors (Lipinski definition) is 3. The molecule has 0 fully saturated rings. The number of nitrogens with zero attached hydrogens (tertiary/aromatic N) is 1. The molecule has 1 aliphatic heterocycles. The van der Waals surface area contributed by atoms with Crippen molar-refractivity contribution in [1.82, 2.24) is 10.9 Å². The molecule has 9 heteroatoms. The number of amides is 1. The fraction of sp³-hybridized carbons (Fsp3) is 0.278. The van der Waals surface area contributed by atoms with E-state index in [0.717, 1.165) is 44.9 Å². The molecule has 4 aromatic rings. The maximum Gasteiger partial charge on any atom is 0.266 e. The number of carbonyl (C=O) groups is 1. The fourth-order valence-corrected chi connectivity index (χ4v) is 5.98. The molecule has 0 saturated heterocycles. The summed E-state index contributed by atoms with van der Waals surface area (Å²) < 4.78 is 14.2. The number of aliphatic imine (C=N–C) groups is 1. The largest absolute Gasteiger partial charge is 0.494 e. The number of aliphatic hydroxyl groups excluding tert-OH is 1. The Morgan fingerprint density at radius 2 is 1.62 bits per heavy atom. The molecule has 0 aromatic heterocycles. The second kappa shape index (κ2) is 16.2. The van der Waals surface area contributed by atoms with E-state index in [9.17, 15) is 4.79 Å². The molecular formula is C36H37Br2N3O4. The lowest BCUT2D eigenvalue weighted by Gasteiger charge is -2.31. The molecule has 1 aliphatic rings. The van der Waals surface area contributed by atoms with E-state index in [1.54, 1.807) is 0 Å². The van der Waals surface area contributed by atoms with Crippen molar-refractivity contribution in [2.24, 2.45) is 4.99 Å². The molecule has 0 spiro atoms. The zero-order valence-corrected chi connectivity index (χ0v) is 28.1. The lowest BCUT2D eigenvalue weighted by Crippen LogP contribution is -2.54. The minimum atomic E-state index is -1.31. The standard InChI is InChI=1S/C36H37Br2N3O4/c37-30-18-14-27(15-19-30)33-36(25-29-12-4-5-13-32(29)38,35(43)41-39-22-7-6-11-26-9-2-1-3-10-26)40-34(45-33)28-16-20-31(21-17-28)44-24-8-23-42/h1-5,9-10,12-21,33,39,42H,6-8,11,22-25H2,(H,41,43)/t33-,36-/m0/s1. The maximum atomic E-state index is 14.3. The number of nitrogens with one attached hydrogen (secondary N) is 2. The summed E-state index contributed by atoms with van der Waals surface area (Å²) in [4.78, 5) is 19.4. The van der Waals surface area contributed by atoms with Crippen LogP contribution in [0.1, 0.15) is 47.6 Å². The van der Waals surface area contributed by atoms with Crippen LogP contribution in [-0.2, 0) is 22.4 Å². The summed E-state index contributed by atoms with van der Waals surface area (Å²) >= 11 is 7.22. The van der Waals surface area contributed by atoms with Gasteiger partial charge < -0.3 is 14.6 Å². The summed E-state index contributed by atoms with van der Waals surface area (Å²) in [5, 5.41) is 9.06. The number of aryl methyl sites for hydroxylation is 1. The van der Waals surface area contributed by atoms with E-state index < -0.39 is 11.6 Å². The first-order chi connectivity index (χ1) is 22.0. The van der Waals surface area contributed by atoms with Crippen molar-refractivity contribution >= 4 is 43.7 Å². The lowest BCUT2D eigenvalue weighted by molar-refractivity contribution is -0.130. The topological polar surface area (TPSA) is 92.2 Å². The van der Waals surface area contributed by atoms with Gasteiger partial charge in [0.05, 0.1) is 6.61 Å². The molecule has 2 atom stereocenters. The van der Waals surface area contributed by atoms with Gasteiger partial charge in [0.15, 0.2) is 11.6 Å². The number of carbonyl (C=O) groups excluding carboxylic acids is 1. The van der Waals surface area contributed by atoms with Crippen LogP contribution in [0.25, 0.3) is 0 Å². The Balaban J connectivity index is 1.41. The summed E-state index contributed by atoms with van der Waals surface area (Å²) in [6.07, 6.45) is 3.07. The third-order valence-corrected chi connectivity index (χ3v) is 8.98. The minimum absolute atomic E-state index is 0.0738. The Labute approximate surface area is 281 Å². The van der Waals surface area contributed by atoms with Crippen molar-refractivity contribution in [2.75, 3.05) is 19.8 Å².